The second kappa shape index (κ2) is 9.59. The number of rotatable bonds is 7. The smallest absolute Gasteiger partial charge is 0.227 e. The first-order valence-corrected chi connectivity index (χ1v) is 10.8. The second-order valence-electron chi connectivity index (χ2n) is 7.54. The number of hydrogen-bond acceptors (Lipinski definition) is 9. The summed E-state index contributed by atoms with van der Waals surface area (Å²) in [5, 5.41) is 17.2. The van der Waals surface area contributed by atoms with Crippen LogP contribution in [0.3, 0.4) is 0 Å². The van der Waals surface area contributed by atoms with Gasteiger partial charge in [-0.15, -0.1) is 0 Å². The topological polar surface area (TPSA) is 102 Å². The van der Waals surface area contributed by atoms with Crippen molar-refractivity contribution >= 4 is 40.2 Å². The molecule has 3 N–H and O–H groups in total. The number of benzene rings is 1. The first-order chi connectivity index (χ1) is 15.1. The van der Waals surface area contributed by atoms with Gasteiger partial charge in [-0.05, 0) is 31.2 Å². The highest BCUT2D eigenvalue weighted by Gasteiger charge is 2.23. The van der Waals surface area contributed by atoms with E-state index in [4.69, 9.17) is 16.6 Å². The highest BCUT2D eigenvalue weighted by atomic mass is 35.5. The van der Waals surface area contributed by atoms with Crippen LogP contribution in [-0.2, 0) is 0 Å². The molecule has 0 aliphatic carbocycles. The van der Waals surface area contributed by atoms with Crippen molar-refractivity contribution < 1.29 is 5.11 Å². The minimum Gasteiger partial charge on any atom is -0.395 e. The summed E-state index contributed by atoms with van der Waals surface area (Å²) in [6.07, 6.45) is 1.48. The lowest BCUT2D eigenvalue weighted by Crippen LogP contribution is -2.47. The predicted octanol–water partition coefficient (Wildman–Crippen LogP) is 2.40. The first kappa shape index (κ1) is 21.5. The lowest BCUT2D eigenvalue weighted by molar-refractivity contribution is 0.188. The van der Waals surface area contributed by atoms with Crippen molar-refractivity contribution in [3.8, 4) is 0 Å². The third-order valence-electron chi connectivity index (χ3n) is 5.48. The maximum absolute atomic E-state index is 9.23. The molecule has 1 unspecified atom stereocenters. The van der Waals surface area contributed by atoms with E-state index in [1.807, 2.05) is 18.2 Å². The third kappa shape index (κ3) is 4.95. The number of aromatic nitrogens is 4. The Kier molecular flexibility index (Phi) is 6.64. The molecule has 0 bridgehead atoms. The Morgan fingerprint density at radius 3 is 2.61 bits per heavy atom. The Hall–Kier alpha value is -2.75. The quantitative estimate of drug-likeness (QED) is 0.509. The number of fused-ring (bicyclic) bond motifs is 1. The molecule has 1 fully saturated rings. The van der Waals surface area contributed by atoms with E-state index in [2.05, 4.69) is 48.4 Å². The molecule has 0 radical (unpaired) electrons. The van der Waals surface area contributed by atoms with Gasteiger partial charge in [-0.1, -0.05) is 11.6 Å². The fourth-order valence-electron chi connectivity index (χ4n) is 3.81. The van der Waals surface area contributed by atoms with Gasteiger partial charge in [-0.3, -0.25) is 4.90 Å². The van der Waals surface area contributed by atoms with E-state index in [9.17, 15) is 5.11 Å². The molecule has 1 atom stereocenters. The fourth-order valence-corrected chi connectivity index (χ4v) is 3.99. The molecular weight excluding hydrogens is 416 g/mol. The van der Waals surface area contributed by atoms with Gasteiger partial charge in [0.05, 0.1) is 18.2 Å². The van der Waals surface area contributed by atoms with Crippen molar-refractivity contribution in [2.75, 3.05) is 61.9 Å². The number of nitrogens with zero attached hydrogens (tertiary/aromatic N) is 6. The van der Waals surface area contributed by atoms with Crippen LogP contribution in [0.1, 0.15) is 18.5 Å². The molecule has 1 aromatic carbocycles. The summed E-state index contributed by atoms with van der Waals surface area (Å²) >= 11 is 6.23. The average molecular weight is 443 g/mol. The third-order valence-corrected chi connectivity index (χ3v) is 5.72. The summed E-state index contributed by atoms with van der Waals surface area (Å²) in [6, 6.07) is 7.81. The highest BCUT2D eigenvalue weighted by molar-refractivity contribution is 6.31. The van der Waals surface area contributed by atoms with Gasteiger partial charge in [0, 0.05) is 55.7 Å². The van der Waals surface area contributed by atoms with Gasteiger partial charge in [-0.2, -0.15) is 4.98 Å². The molecular formula is C21H27ClN8O. The van der Waals surface area contributed by atoms with Gasteiger partial charge < -0.3 is 20.6 Å². The molecule has 0 amide bonds. The van der Waals surface area contributed by atoms with E-state index in [-0.39, 0.29) is 12.6 Å². The van der Waals surface area contributed by atoms with Crippen molar-refractivity contribution in [1.82, 2.24) is 24.8 Å². The van der Waals surface area contributed by atoms with E-state index in [1.165, 1.54) is 6.33 Å². The zero-order valence-electron chi connectivity index (χ0n) is 17.7. The summed E-state index contributed by atoms with van der Waals surface area (Å²) < 4.78 is 0. The molecule has 0 spiro atoms. The number of piperazine rings is 1. The Morgan fingerprint density at radius 1 is 1.10 bits per heavy atom. The highest BCUT2D eigenvalue weighted by Crippen LogP contribution is 2.31. The van der Waals surface area contributed by atoms with Crippen LogP contribution in [0.25, 0.3) is 10.9 Å². The van der Waals surface area contributed by atoms with Gasteiger partial charge in [0.25, 0.3) is 0 Å². The molecule has 4 rings (SSSR count). The molecule has 1 aliphatic rings. The van der Waals surface area contributed by atoms with Gasteiger partial charge >= 0.3 is 0 Å². The van der Waals surface area contributed by atoms with Gasteiger partial charge in [0.15, 0.2) is 0 Å². The summed E-state index contributed by atoms with van der Waals surface area (Å²) in [6.45, 7) is 6.43. The SMILES string of the molecule is CNc1ncnc(NC(C)c2cc3cc(Cl)ccc3nc2N2CCN(CCO)CC2)n1. The summed E-state index contributed by atoms with van der Waals surface area (Å²) in [5.41, 5.74) is 1.96. The summed E-state index contributed by atoms with van der Waals surface area (Å²) in [5.74, 6) is 1.95. The number of nitrogens with one attached hydrogen (secondary N) is 2. The van der Waals surface area contributed by atoms with Gasteiger partial charge in [0.1, 0.15) is 12.1 Å². The van der Waals surface area contributed by atoms with Crippen LogP contribution in [0.2, 0.25) is 5.02 Å². The van der Waals surface area contributed by atoms with Crippen molar-refractivity contribution in [3.63, 3.8) is 0 Å². The number of aliphatic hydroxyl groups is 1. The van der Waals surface area contributed by atoms with E-state index in [0.717, 1.165) is 48.5 Å². The number of anilines is 3. The lowest BCUT2D eigenvalue weighted by atomic mass is 10.0. The lowest BCUT2D eigenvalue weighted by Gasteiger charge is -2.36. The fraction of sp³-hybridized carbons (Fsp3) is 0.429. The first-order valence-electron chi connectivity index (χ1n) is 10.4. The van der Waals surface area contributed by atoms with E-state index in [1.54, 1.807) is 7.05 Å². The number of hydrogen-bond donors (Lipinski definition) is 3. The number of β-amino-alcohol motifs (C(OH)–C–C–N with tert-alkyl or cyclic N) is 1. The monoisotopic (exact) mass is 442 g/mol. The molecule has 2 aromatic heterocycles. The molecule has 0 saturated carbocycles. The Bertz CT molecular complexity index is 1040. The molecule has 3 aromatic rings. The molecule has 9 nitrogen and oxygen atoms in total. The van der Waals surface area contributed by atoms with Crippen LogP contribution >= 0.6 is 11.6 Å². The second-order valence-corrected chi connectivity index (χ2v) is 7.98. The van der Waals surface area contributed by atoms with Crippen molar-refractivity contribution in [2.45, 2.75) is 13.0 Å². The normalized spacial score (nSPS) is 15.8. The van der Waals surface area contributed by atoms with E-state index in [0.29, 0.717) is 23.5 Å². The Morgan fingerprint density at radius 2 is 1.87 bits per heavy atom. The molecule has 1 saturated heterocycles. The van der Waals surface area contributed by atoms with E-state index >= 15 is 0 Å². The van der Waals surface area contributed by atoms with Crippen LogP contribution in [0.5, 0.6) is 0 Å². The number of halogens is 1. The summed E-state index contributed by atoms with van der Waals surface area (Å²) in [7, 11) is 1.77. The molecule has 164 valence electrons. The number of aliphatic hydroxyl groups excluding tert-OH is 1. The van der Waals surface area contributed by atoms with Crippen LogP contribution < -0.4 is 15.5 Å². The number of pyridine rings is 1. The van der Waals surface area contributed by atoms with Crippen molar-refractivity contribution in [3.05, 3.63) is 41.2 Å². The van der Waals surface area contributed by atoms with E-state index < -0.39 is 0 Å². The van der Waals surface area contributed by atoms with Crippen LogP contribution in [0, 0.1) is 0 Å². The van der Waals surface area contributed by atoms with Gasteiger partial charge in [0.2, 0.25) is 11.9 Å². The predicted molar refractivity (Wildman–Crippen MR) is 124 cm³/mol. The molecule has 10 heteroatoms. The van der Waals surface area contributed by atoms with Crippen LogP contribution in [0.15, 0.2) is 30.6 Å². The minimum absolute atomic E-state index is 0.0894. The van der Waals surface area contributed by atoms with Crippen LogP contribution in [-0.4, -0.2) is 76.3 Å². The summed E-state index contributed by atoms with van der Waals surface area (Å²) in [4.78, 5) is 22.3. The Labute approximate surface area is 186 Å². The minimum atomic E-state index is -0.0894. The average Bonchev–Trinajstić information content (AvgIpc) is 2.79. The molecule has 31 heavy (non-hydrogen) atoms. The standard InChI is InChI=1S/C21H27ClN8O/c1-14(26-21-25-13-24-20(23-2)28-21)17-12-15-11-16(22)3-4-18(15)27-19(17)30-7-5-29(6-8-30)9-10-31/h3-4,11-14,31H,5-10H2,1-2H3,(H2,23,24,25,26,28). The maximum Gasteiger partial charge on any atom is 0.227 e. The zero-order chi connectivity index (χ0) is 21.8. The largest absolute Gasteiger partial charge is 0.395 e. The van der Waals surface area contributed by atoms with Gasteiger partial charge in [-0.25, -0.2) is 15.0 Å². The molecule has 1 aliphatic heterocycles. The Balaban J connectivity index is 1.67. The maximum atomic E-state index is 9.23. The van der Waals surface area contributed by atoms with Crippen LogP contribution in [0.4, 0.5) is 17.7 Å². The van der Waals surface area contributed by atoms with Crippen molar-refractivity contribution in [2.24, 2.45) is 0 Å². The van der Waals surface area contributed by atoms with Crippen molar-refractivity contribution in [1.29, 1.82) is 0 Å². The zero-order valence-corrected chi connectivity index (χ0v) is 18.5. The molecule has 3 heterocycles.